The Morgan fingerprint density at radius 1 is 1.71 bits per heavy atom. The molecule has 1 aliphatic rings. The second-order valence-corrected chi connectivity index (χ2v) is 4.96. The summed E-state index contributed by atoms with van der Waals surface area (Å²) >= 11 is 1.68. The molecule has 0 spiro atoms. The van der Waals surface area contributed by atoms with Gasteiger partial charge in [-0.1, -0.05) is 0 Å². The largest absolute Gasteiger partial charge is 0.375 e. The Morgan fingerprint density at radius 2 is 2.59 bits per heavy atom. The Kier molecular flexibility index (Phi) is 4.53. The SMILES string of the molecule is C[C@H]1OCCN[C@@H]1C(=O)NCCc1ccsc1. The standard InChI is InChI=1S/C12H18N2O2S/c1-9-11(13-5-6-16-9)12(15)14-4-2-10-3-7-17-8-10/h3,7-9,11,13H,2,4-6H2,1H3,(H,14,15)/t9-,11+/m1/s1. The van der Waals surface area contributed by atoms with Crippen molar-refractivity contribution in [3.63, 3.8) is 0 Å². The van der Waals surface area contributed by atoms with Crippen LogP contribution >= 0.6 is 11.3 Å². The first-order valence-corrected chi connectivity index (χ1v) is 6.85. The summed E-state index contributed by atoms with van der Waals surface area (Å²) in [6, 6.07) is 1.87. The van der Waals surface area contributed by atoms with Crippen molar-refractivity contribution in [3.05, 3.63) is 22.4 Å². The van der Waals surface area contributed by atoms with Crippen LogP contribution in [0.5, 0.6) is 0 Å². The Labute approximate surface area is 105 Å². The van der Waals surface area contributed by atoms with Gasteiger partial charge < -0.3 is 15.4 Å². The Morgan fingerprint density at radius 3 is 3.29 bits per heavy atom. The van der Waals surface area contributed by atoms with E-state index in [1.54, 1.807) is 11.3 Å². The number of ether oxygens (including phenoxy) is 1. The highest BCUT2D eigenvalue weighted by Crippen LogP contribution is 2.06. The fourth-order valence-electron chi connectivity index (χ4n) is 1.90. The fraction of sp³-hybridized carbons (Fsp3) is 0.583. The van der Waals surface area contributed by atoms with Crippen LogP contribution in [0.25, 0.3) is 0 Å². The molecule has 0 bridgehead atoms. The second kappa shape index (κ2) is 6.14. The molecule has 2 rings (SSSR count). The van der Waals surface area contributed by atoms with E-state index in [-0.39, 0.29) is 18.1 Å². The molecule has 1 amide bonds. The van der Waals surface area contributed by atoms with E-state index in [9.17, 15) is 4.79 Å². The van der Waals surface area contributed by atoms with Gasteiger partial charge in [0.05, 0.1) is 12.7 Å². The average Bonchev–Trinajstić information content (AvgIpc) is 2.82. The third-order valence-electron chi connectivity index (χ3n) is 2.89. The van der Waals surface area contributed by atoms with Crippen molar-refractivity contribution in [2.75, 3.05) is 19.7 Å². The molecule has 17 heavy (non-hydrogen) atoms. The topological polar surface area (TPSA) is 50.4 Å². The molecule has 1 aromatic heterocycles. The molecule has 1 aromatic rings. The number of carbonyl (C=O) groups is 1. The molecule has 94 valence electrons. The van der Waals surface area contributed by atoms with Crippen LogP contribution in [0.4, 0.5) is 0 Å². The van der Waals surface area contributed by atoms with E-state index in [4.69, 9.17) is 4.74 Å². The molecule has 0 aliphatic carbocycles. The van der Waals surface area contributed by atoms with Crippen LogP contribution in [-0.2, 0) is 16.0 Å². The van der Waals surface area contributed by atoms with Crippen molar-refractivity contribution in [1.82, 2.24) is 10.6 Å². The van der Waals surface area contributed by atoms with Crippen molar-refractivity contribution >= 4 is 17.2 Å². The lowest BCUT2D eigenvalue weighted by molar-refractivity contribution is -0.128. The van der Waals surface area contributed by atoms with Gasteiger partial charge >= 0.3 is 0 Å². The van der Waals surface area contributed by atoms with Gasteiger partial charge in [-0.25, -0.2) is 0 Å². The Hall–Kier alpha value is -0.910. The average molecular weight is 254 g/mol. The molecule has 2 N–H and O–H groups in total. The summed E-state index contributed by atoms with van der Waals surface area (Å²) in [6.45, 7) is 4.03. The highest BCUT2D eigenvalue weighted by atomic mass is 32.1. The van der Waals surface area contributed by atoms with Crippen molar-refractivity contribution in [2.24, 2.45) is 0 Å². The van der Waals surface area contributed by atoms with Crippen LogP contribution in [0, 0.1) is 0 Å². The zero-order valence-electron chi connectivity index (χ0n) is 9.94. The highest BCUT2D eigenvalue weighted by molar-refractivity contribution is 7.07. The number of carbonyl (C=O) groups excluding carboxylic acids is 1. The van der Waals surface area contributed by atoms with Crippen LogP contribution in [0.3, 0.4) is 0 Å². The molecular weight excluding hydrogens is 236 g/mol. The molecule has 2 heterocycles. The minimum atomic E-state index is -0.216. The number of nitrogens with one attached hydrogen (secondary N) is 2. The van der Waals surface area contributed by atoms with Crippen LogP contribution in [0.2, 0.25) is 0 Å². The number of rotatable bonds is 4. The number of hydrogen-bond acceptors (Lipinski definition) is 4. The zero-order chi connectivity index (χ0) is 12.1. The normalized spacial score (nSPS) is 24.5. The number of hydrogen-bond donors (Lipinski definition) is 2. The molecule has 4 nitrogen and oxygen atoms in total. The maximum atomic E-state index is 11.9. The summed E-state index contributed by atoms with van der Waals surface area (Å²) in [5.41, 5.74) is 1.27. The summed E-state index contributed by atoms with van der Waals surface area (Å²) in [4.78, 5) is 11.9. The van der Waals surface area contributed by atoms with Gasteiger partial charge in [0, 0.05) is 13.1 Å². The van der Waals surface area contributed by atoms with E-state index in [1.807, 2.05) is 6.92 Å². The predicted molar refractivity (Wildman–Crippen MR) is 68.2 cm³/mol. The molecule has 5 heteroatoms. The van der Waals surface area contributed by atoms with E-state index in [0.29, 0.717) is 13.2 Å². The molecule has 1 aliphatic heterocycles. The summed E-state index contributed by atoms with van der Waals surface area (Å²) in [5, 5.41) is 10.3. The monoisotopic (exact) mass is 254 g/mol. The highest BCUT2D eigenvalue weighted by Gasteiger charge is 2.27. The van der Waals surface area contributed by atoms with Crippen LogP contribution in [0.15, 0.2) is 16.8 Å². The van der Waals surface area contributed by atoms with Crippen LogP contribution in [0.1, 0.15) is 12.5 Å². The van der Waals surface area contributed by atoms with Gasteiger partial charge in [-0.3, -0.25) is 4.79 Å². The second-order valence-electron chi connectivity index (χ2n) is 4.18. The molecule has 0 saturated carbocycles. The molecule has 2 atom stereocenters. The first kappa shape index (κ1) is 12.5. The number of amides is 1. The minimum absolute atomic E-state index is 0.0347. The van der Waals surface area contributed by atoms with Crippen molar-refractivity contribution in [1.29, 1.82) is 0 Å². The molecule has 0 aromatic carbocycles. The first-order valence-electron chi connectivity index (χ1n) is 5.91. The smallest absolute Gasteiger partial charge is 0.239 e. The van der Waals surface area contributed by atoms with Crippen molar-refractivity contribution in [2.45, 2.75) is 25.5 Å². The van der Waals surface area contributed by atoms with Gasteiger partial charge in [0.1, 0.15) is 6.04 Å². The zero-order valence-corrected chi connectivity index (χ0v) is 10.8. The Balaban J connectivity index is 1.73. The Bertz CT molecular complexity index is 353. The summed E-state index contributed by atoms with van der Waals surface area (Å²) < 4.78 is 5.44. The van der Waals surface area contributed by atoms with Gasteiger partial charge in [-0.05, 0) is 35.7 Å². The van der Waals surface area contributed by atoms with Gasteiger partial charge in [-0.15, -0.1) is 0 Å². The first-order chi connectivity index (χ1) is 8.27. The third kappa shape index (κ3) is 3.52. The molecular formula is C12H18N2O2S. The van der Waals surface area contributed by atoms with Gasteiger partial charge in [0.2, 0.25) is 5.91 Å². The lowest BCUT2D eigenvalue weighted by Gasteiger charge is -2.29. The van der Waals surface area contributed by atoms with Crippen molar-refractivity contribution < 1.29 is 9.53 Å². The van der Waals surface area contributed by atoms with Crippen LogP contribution in [-0.4, -0.2) is 37.7 Å². The van der Waals surface area contributed by atoms with Crippen molar-refractivity contribution in [3.8, 4) is 0 Å². The van der Waals surface area contributed by atoms with E-state index in [0.717, 1.165) is 13.0 Å². The summed E-state index contributed by atoms with van der Waals surface area (Å²) in [6.07, 6.45) is 0.835. The van der Waals surface area contributed by atoms with E-state index in [1.165, 1.54) is 5.56 Å². The number of morpholine rings is 1. The van der Waals surface area contributed by atoms with E-state index in [2.05, 4.69) is 27.5 Å². The van der Waals surface area contributed by atoms with Crippen LogP contribution < -0.4 is 10.6 Å². The molecule has 1 fully saturated rings. The fourth-order valence-corrected chi connectivity index (χ4v) is 2.61. The summed E-state index contributed by atoms with van der Waals surface area (Å²) in [5.74, 6) is 0.0347. The quantitative estimate of drug-likeness (QED) is 0.835. The molecule has 0 unspecified atom stereocenters. The number of thiophene rings is 1. The summed E-state index contributed by atoms with van der Waals surface area (Å²) in [7, 11) is 0. The van der Waals surface area contributed by atoms with Gasteiger partial charge in [0.15, 0.2) is 0 Å². The maximum absolute atomic E-state index is 11.9. The molecule has 0 radical (unpaired) electrons. The lowest BCUT2D eigenvalue weighted by Crippen LogP contribution is -2.55. The van der Waals surface area contributed by atoms with Gasteiger partial charge in [-0.2, -0.15) is 11.3 Å². The minimum Gasteiger partial charge on any atom is -0.375 e. The lowest BCUT2D eigenvalue weighted by atomic mass is 10.1. The maximum Gasteiger partial charge on any atom is 0.239 e. The predicted octanol–water partition coefficient (Wildman–Crippen LogP) is 0.784. The third-order valence-corrected chi connectivity index (χ3v) is 3.62. The van der Waals surface area contributed by atoms with E-state index < -0.39 is 0 Å². The van der Waals surface area contributed by atoms with E-state index >= 15 is 0 Å². The van der Waals surface area contributed by atoms with Gasteiger partial charge in [0.25, 0.3) is 0 Å². The molecule has 1 saturated heterocycles.